The van der Waals surface area contributed by atoms with E-state index < -0.39 is 0 Å². The van der Waals surface area contributed by atoms with E-state index in [9.17, 15) is 9.59 Å². The number of likely N-dealkylation sites (N-methyl/N-ethyl adjacent to an activating group) is 2. The minimum absolute atomic E-state index is 0.104. The van der Waals surface area contributed by atoms with Crippen LogP contribution in [0.2, 0.25) is 0 Å². The number of carbonyl (C=O) groups is 2. The van der Waals surface area contributed by atoms with E-state index in [0.29, 0.717) is 0 Å². The van der Waals surface area contributed by atoms with Crippen LogP contribution in [0.3, 0.4) is 0 Å². The van der Waals surface area contributed by atoms with Gasteiger partial charge < -0.3 is 9.80 Å². The zero-order valence-electron chi connectivity index (χ0n) is 21.4. The topological polar surface area (TPSA) is 40.6 Å². The summed E-state index contributed by atoms with van der Waals surface area (Å²) in [6.07, 6.45) is 0. The SMILES string of the molecule is CN(C)C(=O)C(c1ccccc1)c1ccccc1.CN(C)C(=O)C(c1ccccc1)c1ccccc1. The molecule has 4 aromatic carbocycles. The highest BCUT2D eigenvalue weighted by Gasteiger charge is 2.24. The van der Waals surface area contributed by atoms with Crippen LogP contribution in [0, 0.1) is 0 Å². The number of hydrogen-bond donors (Lipinski definition) is 0. The van der Waals surface area contributed by atoms with Crippen LogP contribution in [-0.4, -0.2) is 49.8 Å². The maximum atomic E-state index is 12.4. The third kappa shape index (κ3) is 6.92. The molecule has 0 spiro atoms. The molecule has 0 heterocycles. The third-order valence-electron chi connectivity index (χ3n) is 5.91. The lowest BCUT2D eigenvalue weighted by atomic mass is 9.90. The average Bonchev–Trinajstić information content (AvgIpc) is 2.91. The van der Waals surface area contributed by atoms with Gasteiger partial charge in [0.25, 0.3) is 0 Å². The minimum Gasteiger partial charge on any atom is -0.348 e. The Morgan fingerprint density at radius 1 is 0.417 bits per heavy atom. The zero-order chi connectivity index (χ0) is 25.9. The Kier molecular flexibility index (Phi) is 9.58. The fraction of sp³-hybridized carbons (Fsp3) is 0.188. The third-order valence-corrected chi connectivity index (χ3v) is 5.91. The van der Waals surface area contributed by atoms with E-state index in [1.807, 2.05) is 121 Å². The van der Waals surface area contributed by atoms with Gasteiger partial charge in [-0.1, -0.05) is 121 Å². The molecule has 0 aromatic heterocycles. The Hall–Kier alpha value is -4.18. The lowest BCUT2D eigenvalue weighted by Gasteiger charge is -2.21. The first-order valence-corrected chi connectivity index (χ1v) is 12.0. The molecule has 4 heteroatoms. The van der Waals surface area contributed by atoms with E-state index in [4.69, 9.17) is 0 Å². The first-order chi connectivity index (χ1) is 17.4. The van der Waals surface area contributed by atoms with Crippen LogP contribution in [0.1, 0.15) is 34.1 Å². The number of rotatable bonds is 6. The van der Waals surface area contributed by atoms with E-state index in [1.54, 1.807) is 38.0 Å². The second-order valence-corrected chi connectivity index (χ2v) is 8.97. The van der Waals surface area contributed by atoms with Gasteiger partial charge in [0.2, 0.25) is 11.8 Å². The van der Waals surface area contributed by atoms with Crippen molar-refractivity contribution in [3.8, 4) is 0 Å². The standard InChI is InChI=1S/2C16H17NO/c2*1-17(2)16(18)15(13-9-5-3-6-10-13)14-11-7-4-8-12-14/h2*3-12,15H,1-2H3. The van der Waals surface area contributed by atoms with E-state index in [1.165, 1.54) is 0 Å². The van der Waals surface area contributed by atoms with Crippen molar-refractivity contribution < 1.29 is 9.59 Å². The van der Waals surface area contributed by atoms with Crippen LogP contribution in [0.25, 0.3) is 0 Å². The van der Waals surface area contributed by atoms with E-state index in [0.717, 1.165) is 22.3 Å². The number of hydrogen-bond acceptors (Lipinski definition) is 2. The van der Waals surface area contributed by atoms with Crippen LogP contribution in [0.5, 0.6) is 0 Å². The average molecular weight is 479 g/mol. The molecule has 4 nitrogen and oxygen atoms in total. The Bertz CT molecular complexity index is 1030. The largest absolute Gasteiger partial charge is 0.348 e. The molecule has 184 valence electrons. The first kappa shape index (κ1) is 26.4. The molecule has 0 radical (unpaired) electrons. The predicted molar refractivity (Wildman–Crippen MR) is 147 cm³/mol. The molecule has 0 bridgehead atoms. The van der Waals surface area contributed by atoms with Crippen LogP contribution >= 0.6 is 0 Å². The summed E-state index contributed by atoms with van der Waals surface area (Å²) in [5, 5.41) is 0. The molecule has 4 rings (SSSR count). The molecule has 0 aliphatic heterocycles. The van der Waals surface area contributed by atoms with Crippen molar-refractivity contribution in [3.05, 3.63) is 144 Å². The highest BCUT2D eigenvalue weighted by atomic mass is 16.2. The molecule has 0 atom stereocenters. The molecule has 0 aliphatic carbocycles. The highest BCUT2D eigenvalue weighted by Crippen LogP contribution is 2.27. The Balaban J connectivity index is 0.000000201. The van der Waals surface area contributed by atoms with Crippen molar-refractivity contribution in [2.75, 3.05) is 28.2 Å². The monoisotopic (exact) mass is 478 g/mol. The van der Waals surface area contributed by atoms with Crippen molar-refractivity contribution in [2.24, 2.45) is 0 Å². The molecule has 0 fully saturated rings. The fourth-order valence-electron chi connectivity index (χ4n) is 4.05. The second kappa shape index (κ2) is 13.1. The predicted octanol–water partition coefficient (Wildman–Crippen LogP) is 5.81. The van der Waals surface area contributed by atoms with Gasteiger partial charge in [0.05, 0.1) is 11.8 Å². The van der Waals surface area contributed by atoms with Crippen molar-refractivity contribution in [2.45, 2.75) is 11.8 Å². The summed E-state index contributed by atoms with van der Waals surface area (Å²) in [4.78, 5) is 28.0. The lowest BCUT2D eigenvalue weighted by molar-refractivity contribution is -0.130. The molecular weight excluding hydrogens is 444 g/mol. The van der Waals surface area contributed by atoms with Gasteiger partial charge in [0.15, 0.2) is 0 Å². The van der Waals surface area contributed by atoms with E-state index in [2.05, 4.69) is 0 Å². The van der Waals surface area contributed by atoms with Crippen LogP contribution in [0.4, 0.5) is 0 Å². The molecule has 2 amide bonds. The summed E-state index contributed by atoms with van der Waals surface area (Å²) in [6, 6.07) is 39.6. The lowest BCUT2D eigenvalue weighted by Crippen LogP contribution is -2.28. The molecule has 36 heavy (non-hydrogen) atoms. The van der Waals surface area contributed by atoms with Gasteiger partial charge in [0, 0.05) is 28.2 Å². The van der Waals surface area contributed by atoms with Crippen LogP contribution < -0.4 is 0 Å². The number of nitrogens with zero attached hydrogens (tertiary/aromatic N) is 2. The first-order valence-electron chi connectivity index (χ1n) is 12.0. The van der Waals surface area contributed by atoms with Crippen LogP contribution in [-0.2, 0) is 9.59 Å². The van der Waals surface area contributed by atoms with Gasteiger partial charge in [-0.2, -0.15) is 0 Å². The van der Waals surface area contributed by atoms with Crippen molar-refractivity contribution in [3.63, 3.8) is 0 Å². The van der Waals surface area contributed by atoms with Gasteiger partial charge in [-0.05, 0) is 22.3 Å². The summed E-state index contributed by atoms with van der Waals surface area (Å²) in [7, 11) is 7.17. The summed E-state index contributed by atoms with van der Waals surface area (Å²) in [6.45, 7) is 0. The molecule has 0 saturated carbocycles. The quantitative estimate of drug-likeness (QED) is 0.351. The van der Waals surface area contributed by atoms with E-state index >= 15 is 0 Å². The smallest absolute Gasteiger partial charge is 0.234 e. The molecule has 0 N–H and O–H groups in total. The number of benzene rings is 4. The second-order valence-electron chi connectivity index (χ2n) is 8.97. The van der Waals surface area contributed by atoms with Gasteiger partial charge in [-0.3, -0.25) is 9.59 Å². The van der Waals surface area contributed by atoms with Crippen molar-refractivity contribution in [1.82, 2.24) is 9.80 Å². The maximum Gasteiger partial charge on any atom is 0.234 e. The Labute approximate surface area is 214 Å². The van der Waals surface area contributed by atoms with Crippen molar-refractivity contribution in [1.29, 1.82) is 0 Å². The van der Waals surface area contributed by atoms with Crippen LogP contribution in [0.15, 0.2) is 121 Å². The molecule has 0 saturated heterocycles. The molecule has 0 unspecified atom stereocenters. The minimum atomic E-state index is -0.220. The highest BCUT2D eigenvalue weighted by molar-refractivity contribution is 5.87. The van der Waals surface area contributed by atoms with Crippen molar-refractivity contribution >= 4 is 11.8 Å². The molecule has 0 aliphatic rings. The maximum absolute atomic E-state index is 12.4. The fourth-order valence-corrected chi connectivity index (χ4v) is 4.05. The van der Waals surface area contributed by atoms with Gasteiger partial charge in [-0.25, -0.2) is 0 Å². The molecule has 4 aromatic rings. The number of amides is 2. The normalized spacial score (nSPS) is 10.4. The summed E-state index contributed by atoms with van der Waals surface area (Å²) in [5.41, 5.74) is 4.12. The summed E-state index contributed by atoms with van der Waals surface area (Å²) in [5.74, 6) is -0.232. The molecular formula is C32H34N2O2. The zero-order valence-corrected chi connectivity index (χ0v) is 21.4. The summed E-state index contributed by atoms with van der Waals surface area (Å²) >= 11 is 0. The number of carbonyl (C=O) groups excluding carboxylic acids is 2. The Morgan fingerprint density at radius 3 is 0.778 bits per heavy atom. The van der Waals surface area contributed by atoms with Gasteiger partial charge >= 0.3 is 0 Å². The summed E-state index contributed by atoms with van der Waals surface area (Å²) < 4.78 is 0. The Morgan fingerprint density at radius 2 is 0.611 bits per heavy atom. The van der Waals surface area contributed by atoms with Gasteiger partial charge in [-0.15, -0.1) is 0 Å². The van der Waals surface area contributed by atoms with E-state index in [-0.39, 0.29) is 23.7 Å². The van der Waals surface area contributed by atoms with Gasteiger partial charge in [0.1, 0.15) is 0 Å².